The van der Waals surface area contributed by atoms with Crippen molar-refractivity contribution < 1.29 is 28.5 Å². The Labute approximate surface area is 103 Å². The number of carbonyl (C=O) groups is 1. The molecule has 1 fully saturated rings. The molecule has 1 aliphatic rings. The highest BCUT2D eigenvalue weighted by molar-refractivity contribution is 6.02. The van der Waals surface area contributed by atoms with E-state index in [0.29, 0.717) is 0 Å². The van der Waals surface area contributed by atoms with Gasteiger partial charge in [-0.15, -0.1) is 0 Å². The highest BCUT2D eigenvalue weighted by atomic mass is 19.1. The summed E-state index contributed by atoms with van der Waals surface area (Å²) in [6.07, 6.45) is -1.31. The first-order valence-electron chi connectivity index (χ1n) is 5.34. The van der Waals surface area contributed by atoms with Crippen LogP contribution in [0.25, 0.3) is 0 Å². The summed E-state index contributed by atoms with van der Waals surface area (Å²) in [5.41, 5.74) is -0.131. The fourth-order valence-corrected chi connectivity index (χ4v) is 1.71. The van der Waals surface area contributed by atoms with Crippen LogP contribution in [0.15, 0.2) is 12.1 Å². The van der Waals surface area contributed by atoms with Crippen LogP contribution in [0.5, 0.6) is 11.5 Å². The zero-order valence-electron chi connectivity index (χ0n) is 9.97. The molecule has 0 amide bonds. The second-order valence-corrected chi connectivity index (χ2v) is 3.83. The number of aliphatic hydroxyl groups excluding tert-OH is 1. The van der Waals surface area contributed by atoms with E-state index in [1.807, 2.05) is 0 Å². The van der Waals surface area contributed by atoms with Crippen LogP contribution in [0.3, 0.4) is 0 Å². The molecule has 98 valence electrons. The Morgan fingerprint density at radius 1 is 1.39 bits per heavy atom. The first kappa shape index (κ1) is 12.8. The Morgan fingerprint density at radius 2 is 2.00 bits per heavy atom. The number of ketones is 1. The van der Waals surface area contributed by atoms with E-state index in [-0.39, 0.29) is 23.7 Å². The van der Waals surface area contributed by atoms with Gasteiger partial charge in [0, 0.05) is 6.07 Å². The van der Waals surface area contributed by atoms with Crippen molar-refractivity contribution in [2.45, 2.75) is 12.2 Å². The Hall–Kier alpha value is -1.66. The number of hydrogen-bond acceptors (Lipinski definition) is 5. The van der Waals surface area contributed by atoms with Gasteiger partial charge in [-0.3, -0.25) is 4.79 Å². The molecular formula is C12H13FO5. The Kier molecular flexibility index (Phi) is 3.49. The van der Waals surface area contributed by atoms with Crippen molar-refractivity contribution in [2.24, 2.45) is 0 Å². The average molecular weight is 256 g/mol. The fraction of sp³-hybridized carbons (Fsp3) is 0.417. The summed E-state index contributed by atoms with van der Waals surface area (Å²) in [7, 11) is 2.78. The molecule has 1 aromatic carbocycles. The standard InChI is InChI=1S/C12H13FO5/c1-16-8-3-6(7(13)4-9(8)17-2)11(15)12-10(5-14)18-12/h3-4,10,12,14H,5H2,1-2H3/t10-,12-/m1/s1. The minimum Gasteiger partial charge on any atom is -0.493 e. The van der Waals surface area contributed by atoms with E-state index in [9.17, 15) is 9.18 Å². The number of rotatable bonds is 5. The fourth-order valence-electron chi connectivity index (χ4n) is 1.71. The zero-order chi connectivity index (χ0) is 13.3. The van der Waals surface area contributed by atoms with Gasteiger partial charge < -0.3 is 19.3 Å². The molecule has 2 atom stereocenters. The molecule has 0 saturated carbocycles. The molecule has 2 rings (SSSR count). The lowest BCUT2D eigenvalue weighted by atomic mass is 10.1. The van der Waals surface area contributed by atoms with Crippen molar-refractivity contribution in [1.82, 2.24) is 0 Å². The van der Waals surface area contributed by atoms with Gasteiger partial charge in [0.1, 0.15) is 18.0 Å². The van der Waals surface area contributed by atoms with Crippen molar-refractivity contribution in [3.05, 3.63) is 23.5 Å². The number of carbonyl (C=O) groups excluding carboxylic acids is 1. The average Bonchev–Trinajstić information content (AvgIpc) is 3.17. The number of Topliss-reactive ketones (excluding diaryl/α,β-unsaturated/α-hetero) is 1. The van der Waals surface area contributed by atoms with Gasteiger partial charge in [-0.05, 0) is 6.07 Å². The Morgan fingerprint density at radius 3 is 2.50 bits per heavy atom. The van der Waals surface area contributed by atoms with Crippen LogP contribution in [0.2, 0.25) is 0 Å². The normalized spacial score (nSPS) is 21.6. The lowest BCUT2D eigenvalue weighted by Crippen LogP contribution is -2.14. The topological polar surface area (TPSA) is 68.3 Å². The molecule has 1 aliphatic heterocycles. The maximum absolute atomic E-state index is 13.7. The van der Waals surface area contributed by atoms with Gasteiger partial charge in [0.25, 0.3) is 0 Å². The van der Waals surface area contributed by atoms with Gasteiger partial charge in [-0.2, -0.15) is 0 Å². The van der Waals surface area contributed by atoms with E-state index in [1.165, 1.54) is 20.3 Å². The SMILES string of the molecule is COc1cc(F)c(C(=O)[C@@H]2O[C@@H]2CO)cc1OC. The summed E-state index contributed by atoms with van der Waals surface area (Å²) in [6, 6.07) is 2.36. The van der Waals surface area contributed by atoms with Crippen LogP contribution in [0.4, 0.5) is 4.39 Å². The molecular weight excluding hydrogens is 243 g/mol. The monoisotopic (exact) mass is 256 g/mol. The molecule has 0 unspecified atom stereocenters. The first-order chi connectivity index (χ1) is 8.62. The van der Waals surface area contributed by atoms with E-state index in [0.717, 1.165) is 6.07 Å². The largest absolute Gasteiger partial charge is 0.493 e. The lowest BCUT2D eigenvalue weighted by Gasteiger charge is -2.09. The summed E-state index contributed by atoms with van der Waals surface area (Å²) in [4.78, 5) is 11.9. The third kappa shape index (κ3) is 2.16. The van der Waals surface area contributed by atoms with E-state index >= 15 is 0 Å². The van der Waals surface area contributed by atoms with Gasteiger partial charge in [-0.1, -0.05) is 0 Å². The molecule has 18 heavy (non-hydrogen) atoms. The van der Waals surface area contributed by atoms with Gasteiger partial charge in [0.2, 0.25) is 0 Å². The smallest absolute Gasteiger partial charge is 0.197 e. The van der Waals surface area contributed by atoms with Crippen molar-refractivity contribution >= 4 is 5.78 Å². The van der Waals surface area contributed by atoms with Crippen molar-refractivity contribution in [3.8, 4) is 11.5 Å². The van der Waals surface area contributed by atoms with Crippen LogP contribution < -0.4 is 9.47 Å². The molecule has 5 nitrogen and oxygen atoms in total. The number of benzene rings is 1. The van der Waals surface area contributed by atoms with Gasteiger partial charge in [0.05, 0.1) is 26.4 Å². The van der Waals surface area contributed by atoms with Gasteiger partial charge in [0.15, 0.2) is 17.3 Å². The van der Waals surface area contributed by atoms with Gasteiger partial charge in [-0.25, -0.2) is 4.39 Å². The second kappa shape index (κ2) is 4.91. The lowest BCUT2D eigenvalue weighted by molar-refractivity contribution is 0.0949. The number of ether oxygens (including phenoxy) is 3. The van der Waals surface area contributed by atoms with Crippen LogP contribution in [0, 0.1) is 5.82 Å². The number of hydrogen-bond donors (Lipinski definition) is 1. The maximum Gasteiger partial charge on any atom is 0.197 e. The van der Waals surface area contributed by atoms with E-state index < -0.39 is 23.8 Å². The summed E-state index contributed by atoms with van der Waals surface area (Å²) in [6.45, 7) is -0.259. The number of halogens is 1. The Bertz CT molecular complexity index is 474. The summed E-state index contributed by atoms with van der Waals surface area (Å²) >= 11 is 0. The molecule has 0 aliphatic carbocycles. The van der Waals surface area contributed by atoms with E-state index in [1.54, 1.807) is 0 Å². The highest BCUT2D eigenvalue weighted by Crippen LogP contribution is 2.33. The van der Waals surface area contributed by atoms with E-state index in [4.69, 9.17) is 19.3 Å². The van der Waals surface area contributed by atoms with Gasteiger partial charge >= 0.3 is 0 Å². The molecule has 0 radical (unpaired) electrons. The maximum atomic E-state index is 13.7. The molecule has 1 saturated heterocycles. The molecule has 1 N–H and O–H groups in total. The third-order valence-electron chi connectivity index (χ3n) is 2.76. The summed E-state index contributed by atoms with van der Waals surface area (Å²) in [5.74, 6) is -0.734. The molecule has 0 bridgehead atoms. The molecule has 1 aromatic rings. The van der Waals surface area contributed by atoms with Crippen molar-refractivity contribution in [2.75, 3.05) is 20.8 Å². The van der Waals surface area contributed by atoms with Crippen LogP contribution in [-0.4, -0.2) is 43.9 Å². The highest BCUT2D eigenvalue weighted by Gasteiger charge is 2.45. The zero-order valence-corrected chi connectivity index (χ0v) is 9.97. The minimum atomic E-state index is -0.775. The van der Waals surface area contributed by atoms with E-state index in [2.05, 4.69) is 0 Å². The predicted octanol–water partition coefficient (Wildman–Crippen LogP) is 0.785. The van der Waals surface area contributed by atoms with Crippen LogP contribution >= 0.6 is 0 Å². The quantitative estimate of drug-likeness (QED) is 0.623. The van der Waals surface area contributed by atoms with Crippen molar-refractivity contribution in [1.29, 1.82) is 0 Å². The molecule has 6 heteroatoms. The van der Waals surface area contributed by atoms with Crippen LogP contribution in [-0.2, 0) is 4.74 Å². The molecule has 0 spiro atoms. The Balaban J connectivity index is 2.30. The third-order valence-corrected chi connectivity index (χ3v) is 2.76. The first-order valence-corrected chi connectivity index (χ1v) is 5.34. The minimum absolute atomic E-state index is 0.131. The molecule has 0 aromatic heterocycles. The number of aliphatic hydroxyl groups is 1. The van der Waals surface area contributed by atoms with Crippen LogP contribution in [0.1, 0.15) is 10.4 Å². The summed E-state index contributed by atoms with van der Waals surface area (Å²) in [5, 5.41) is 8.81. The summed E-state index contributed by atoms with van der Waals surface area (Å²) < 4.78 is 28.6. The second-order valence-electron chi connectivity index (χ2n) is 3.83. The predicted molar refractivity (Wildman–Crippen MR) is 59.6 cm³/mol. The van der Waals surface area contributed by atoms with Crippen molar-refractivity contribution in [3.63, 3.8) is 0 Å². The molecule has 1 heterocycles. The number of methoxy groups -OCH3 is 2. The number of epoxide rings is 1.